The lowest BCUT2D eigenvalue weighted by Crippen LogP contribution is -2.54. The van der Waals surface area contributed by atoms with Crippen molar-refractivity contribution in [3.05, 3.63) is 71.7 Å². The van der Waals surface area contributed by atoms with Crippen LogP contribution in [0.5, 0.6) is 0 Å². The number of aromatic nitrogens is 1. The molecule has 0 aliphatic carbocycles. The lowest BCUT2D eigenvalue weighted by molar-refractivity contribution is -0.122. The minimum atomic E-state index is -0.869. The second-order valence-corrected chi connectivity index (χ2v) is 6.15. The van der Waals surface area contributed by atoms with Crippen molar-refractivity contribution >= 4 is 40.5 Å². The maximum Gasteiger partial charge on any atom is 0.335 e. The highest BCUT2D eigenvalue weighted by Crippen LogP contribution is 2.26. The Balaban J connectivity index is 1.80. The number of halogens is 1. The first-order chi connectivity index (χ1) is 13.0. The Hall–Kier alpha value is -3.74. The van der Waals surface area contributed by atoms with Crippen molar-refractivity contribution in [2.24, 2.45) is 7.05 Å². The molecular weight excluding hydrogens is 349 g/mol. The average Bonchev–Trinajstić information content (AvgIpc) is 2.96. The van der Waals surface area contributed by atoms with Crippen LogP contribution in [0.1, 0.15) is 5.56 Å². The molecule has 3 aromatic rings. The number of aryl methyl sites for hydroxylation is 1. The molecular formula is C20H14FN3O3. The number of nitrogens with one attached hydrogen (secondary N) is 1. The summed E-state index contributed by atoms with van der Waals surface area (Å²) in [4.78, 5) is 38.1. The Morgan fingerprint density at radius 2 is 1.70 bits per heavy atom. The van der Waals surface area contributed by atoms with Gasteiger partial charge in [0, 0.05) is 29.7 Å². The van der Waals surface area contributed by atoms with E-state index in [-0.39, 0.29) is 11.3 Å². The molecule has 1 aliphatic heterocycles. The maximum absolute atomic E-state index is 13.2. The van der Waals surface area contributed by atoms with Crippen LogP contribution in [-0.2, 0) is 16.6 Å². The largest absolute Gasteiger partial charge is 0.350 e. The van der Waals surface area contributed by atoms with Gasteiger partial charge in [0.05, 0.1) is 5.69 Å². The van der Waals surface area contributed by atoms with E-state index >= 15 is 0 Å². The van der Waals surface area contributed by atoms with Crippen molar-refractivity contribution in [2.75, 3.05) is 4.90 Å². The number of rotatable bonds is 2. The molecule has 2 aromatic carbocycles. The Morgan fingerprint density at radius 3 is 2.44 bits per heavy atom. The van der Waals surface area contributed by atoms with Crippen LogP contribution >= 0.6 is 0 Å². The van der Waals surface area contributed by atoms with Gasteiger partial charge in [0.15, 0.2) is 0 Å². The summed E-state index contributed by atoms with van der Waals surface area (Å²) >= 11 is 0. The van der Waals surface area contributed by atoms with E-state index in [1.807, 2.05) is 35.9 Å². The summed E-state index contributed by atoms with van der Waals surface area (Å²) in [5.74, 6) is -2.02. The van der Waals surface area contributed by atoms with Crippen molar-refractivity contribution < 1.29 is 18.8 Å². The number of benzene rings is 2. The third-order valence-corrected chi connectivity index (χ3v) is 4.41. The van der Waals surface area contributed by atoms with Crippen molar-refractivity contribution in [3.63, 3.8) is 0 Å². The van der Waals surface area contributed by atoms with Gasteiger partial charge in [-0.15, -0.1) is 0 Å². The number of urea groups is 1. The predicted molar refractivity (Wildman–Crippen MR) is 98.3 cm³/mol. The lowest BCUT2D eigenvalue weighted by atomic mass is 10.1. The van der Waals surface area contributed by atoms with Crippen LogP contribution in [0.4, 0.5) is 14.9 Å². The van der Waals surface area contributed by atoms with E-state index in [0.717, 1.165) is 27.9 Å². The number of fused-ring (bicyclic) bond motifs is 1. The molecule has 1 aliphatic rings. The number of hydrogen-bond acceptors (Lipinski definition) is 3. The van der Waals surface area contributed by atoms with Crippen LogP contribution < -0.4 is 10.2 Å². The molecule has 134 valence electrons. The molecule has 0 saturated carbocycles. The minimum Gasteiger partial charge on any atom is -0.350 e. The van der Waals surface area contributed by atoms with Gasteiger partial charge in [-0.3, -0.25) is 14.9 Å². The van der Waals surface area contributed by atoms with Crippen LogP contribution in [0, 0.1) is 5.82 Å². The standard InChI is InChI=1S/C20H14FN3O3/c1-23-11-12(15-4-2-3-5-17(15)23)10-16-18(25)22-20(27)24(19(16)26)14-8-6-13(21)7-9-14/h2-11H,1H3,(H,22,25,27)/b16-10-. The summed E-state index contributed by atoms with van der Waals surface area (Å²) in [7, 11) is 1.86. The third-order valence-electron chi connectivity index (χ3n) is 4.41. The Bertz CT molecular complexity index is 1130. The highest BCUT2D eigenvalue weighted by Gasteiger charge is 2.36. The molecule has 0 atom stereocenters. The van der Waals surface area contributed by atoms with Crippen molar-refractivity contribution in [1.29, 1.82) is 0 Å². The highest BCUT2D eigenvalue weighted by atomic mass is 19.1. The number of imide groups is 2. The number of amides is 4. The van der Waals surface area contributed by atoms with Crippen molar-refractivity contribution in [3.8, 4) is 0 Å². The molecule has 0 bridgehead atoms. The first-order valence-corrected chi connectivity index (χ1v) is 8.17. The molecule has 6 nitrogen and oxygen atoms in total. The first-order valence-electron chi connectivity index (χ1n) is 8.17. The Labute approximate surface area is 153 Å². The summed E-state index contributed by atoms with van der Waals surface area (Å²) < 4.78 is 15.0. The van der Waals surface area contributed by atoms with Crippen molar-refractivity contribution in [2.45, 2.75) is 0 Å². The van der Waals surface area contributed by atoms with Gasteiger partial charge < -0.3 is 4.57 Å². The second kappa shape index (κ2) is 6.21. The average molecular weight is 363 g/mol. The van der Waals surface area contributed by atoms with Crippen LogP contribution in [0.15, 0.2) is 60.3 Å². The van der Waals surface area contributed by atoms with Gasteiger partial charge >= 0.3 is 6.03 Å². The quantitative estimate of drug-likeness (QED) is 0.562. The fourth-order valence-electron chi connectivity index (χ4n) is 3.13. The summed E-state index contributed by atoms with van der Waals surface area (Å²) in [5.41, 5.74) is 1.63. The van der Waals surface area contributed by atoms with Crippen LogP contribution in [0.3, 0.4) is 0 Å². The molecule has 1 fully saturated rings. The number of barbiturate groups is 1. The second-order valence-electron chi connectivity index (χ2n) is 6.15. The number of nitrogens with zero attached hydrogens (tertiary/aromatic N) is 2. The van der Waals surface area contributed by atoms with Gasteiger partial charge in [-0.05, 0) is 36.4 Å². The van der Waals surface area contributed by atoms with E-state index in [4.69, 9.17) is 0 Å². The molecule has 27 heavy (non-hydrogen) atoms. The SMILES string of the molecule is Cn1cc(/C=C2/C(=O)NC(=O)N(c3ccc(F)cc3)C2=O)c2ccccc21. The molecule has 0 radical (unpaired) electrons. The summed E-state index contributed by atoms with van der Waals surface area (Å²) in [6.07, 6.45) is 3.26. The zero-order valence-corrected chi connectivity index (χ0v) is 14.3. The summed E-state index contributed by atoms with van der Waals surface area (Å²) in [6, 6.07) is 11.6. The van der Waals surface area contributed by atoms with E-state index in [1.165, 1.54) is 18.2 Å². The molecule has 7 heteroatoms. The fraction of sp³-hybridized carbons (Fsp3) is 0.0500. The molecule has 2 heterocycles. The molecule has 4 rings (SSSR count). The number of para-hydroxylation sites is 1. The smallest absolute Gasteiger partial charge is 0.335 e. The van der Waals surface area contributed by atoms with Crippen LogP contribution in [0.2, 0.25) is 0 Å². The minimum absolute atomic E-state index is 0.171. The molecule has 1 aromatic heterocycles. The van der Waals surface area contributed by atoms with E-state index in [1.54, 1.807) is 6.20 Å². The molecule has 0 spiro atoms. The van der Waals surface area contributed by atoms with Gasteiger partial charge in [-0.25, -0.2) is 14.1 Å². The molecule has 0 unspecified atom stereocenters. The number of hydrogen-bond donors (Lipinski definition) is 1. The number of carbonyl (C=O) groups excluding carboxylic acids is 3. The van der Waals surface area contributed by atoms with E-state index in [2.05, 4.69) is 5.32 Å². The number of anilines is 1. The van der Waals surface area contributed by atoms with E-state index < -0.39 is 23.7 Å². The first kappa shape index (κ1) is 16.7. The summed E-state index contributed by atoms with van der Waals surface area (Å²) in [6.45, 7) is 0. The molecule has 1 saturated heterocycles. The topological polar surface area (TPSA) is 71.4 Å². The normalized spacial score (nSPS) is 16.3. The highest BCUT2D eigenvalue weighted by molar-refractivity contribution is 6.39. The van der Waals surface area contributed by atoms with Gasteiger partial charge in [-0.2, -0.15) is 0 Å². The van der Waals surface area contributed by atoms with Crippen LogP contribution in [0.25, 0.3) is 17.0 Å². The van der Waals surface area contributed by atoms with E-state index in [9.17, 15) is 18.8 Å². The Kier molecular flexibility index (Phi) is 3.84. The maximum atomic E-state index is 13.2. The predicted octanol–water partition coefficient (Wildman–Crippen LogP) is 2.98. The fourth-order valence-corrected chi connectivity index (χ4v) is 3.13. The van der Waals surface area contributed by atoms with E-state index in [0.29, 0.717) is 5.56 Å². The van der Waals surface area contributed by atoms with Gasteiger partial charge in [-0.1, -0.05) is 18.2 Å². The molecule has 4 amide bonds. The van der Waals surface area contributed by atoms with Gasteiger partial charge in [0.2, 0.25) is 0 Å². The monoisotopic (exact) mass is 363 g/mol. The van der Waals surface area contributed by atoms with Crippen LogP contribution in [-0.4, -0.2) is 22.4 Å². The zero-order valence-electron chi connectivity index (χ0n) is 14.3. The number of carbonyl (C=O) groups is 3. The lowest BCUT2D eigenvalue weighted by Gasteiger charge is -2.26. The Morgan fingerprint density at radius 1 is 1.00 bits per heavy atom. The summed E-state index contributed by atoms with van der Waals surface area (Å²) in [5, 5.41) is 3.03. The van der Waals surface area contributed by atoms with Gasteiger partial charge in [0.1, 0.15) is 11.4 Å². The molecule has 1 N–H and O–H groups in total. The third kappa shape index (κ3) is 2.79. The van der Waals surface area contributed by atoms with Gasteiger partial charge in [0.25, 0.3) is 11.8 Å². The zero-order chi connectivity index (χ0) is 19.1. The van der Waals surface area contributed by atoms with Crippen molar-refractivity contribution in [1.82, 2.24) is 9.88 Å².